The highest BCUT2D eigenvalue weighted by Crippen LogP contribution is 2.30. The molecule has 5 rings (SSSR count). The van der Waals surface area contributed by atoms with Crippen LogP contribution in [0.25, 0.3) is 11.3 Å². The molecular formula is C26H28N4O4S. The van der Waals surface area contributed by atoms with Crippen molar-refractivity contribution in [3.05, 3.63) is 65.2 Å². The molecule has 1 saturated heterocycles. The summed E-state index contributed by atoms with van der Waals surface area (Å²) in [5.41, 5.74) is 3.88. The van der Waals surface area contributed by atoms with E-state index >= 15 is 0 Å². The molecule has 8 nitrogen and oxygen atoms in total. The van der Waals surface area contributed by atoms with E-state index in [4.69, 9.17) is 4.74 Å². The molecule has 0 saturated carbocycles. The van der Waals surface area contributed by atoms with Gasteiger partial charge in [-0.05, 0) is 68.4 Å². The van der Waals surface area contributed by atoms with Crippen LogP contribution in [-0.2, 0) is 10.0 Å². The second-order valence-electron chi connectivity index (χ2n) is 9.21. The van der Waals surface area contributed by atoms with E-state index in [0.29, 0.717) is 42.8 Å². The Bertz CT molecular complexity index is 1370. The Morgan fingerprint density at radius 1 is 1.03 bits per heavy atom. The highest BCUT2D eigenvalue weighted by molar-refractivity contribution is 7.92. The predicted octanol–water partition coefficient (Wildman–Crippen LogP) is 4.20. The van der Waals surface area contributed by atoms with Gasteiger partial charge in [0, 0.05) is 30.3 Å². The molecule has 2 aromatic carbocycles. The van der Waals surface area contributed by atoms with Gasteiger partial charge >= 0.3 is 0 Å². The Kier molecular flexibility index (Phi) is 6.19. The first-order valence-electron chi connectivity index (χ1n) is 11.8. The first-order chi connectivity index (χ1) is 16.8. The molecule has 2 aliphatic rings. The third kappa shape index (κ3) is 4.86. The van der Waals surface area contributed by atoms with Crippen molar-refractivity contribution in [3.8, 4) is 17.1 Å². The average Bonchev–Trinajstić information content (AvgIpc) is 3.29. The third-order valence-corrected chi connectivity index (χ3v) is 7.96. The van der Waals surface area contributed by atoms with Crippen LogP contribution in [0.2, 0.25) is 0 Å². The number of fused-ring (bicyclic) bond motifs is 6. The Morgan fingerprint density at radius 3 is 2.60 bits per heavy atom. The number of carbonyl (C=O) groups excluding carboxylic acids is 1. The molecule has 0 radical (unpaired) electrons. The molecule has 1 amide bonds. The molecule has 35 heavy (non-hydrogen) atoms. The Morgan fingerprint density at radius 2 is 1.80 bits per heavy atom. The summed E-state index contributed by atoms with van der Waals surface area (Å²) in [5.74, 6) is 0.492. The minimum absolute atomic E-state index is 0.0188. The van der Waals surface area contributed by atoms with Crippen molar-refractivity contribution in [3.63, 3.8) is 0 Å². The number of ether oxygens (including phenoxy) is 1. The summed E-state index contributed by atoms with van der Waals surface area (Å²) in [7, 11) is -4.04. The monoisotopic (exact) mass is 492 g/mol. The van der Waals surface area contributed by atoms with Crippen molar-refractivity contribution >= 4 is 21.9 Å². The lowest BCUT2D eigenvalue weighted by Gasteiger charge is -2.18. The van der Waals surface area contributed by atoms with Gasteiger partial charge in [-0.15, -0.1) is 0 Å². The zero-order valence-electron chi connectivity index (χ0n) is 19.8. The number of aryl methyl sites for hydroxylation is 2. The molecule has 1 atom stereocenters. The van der Waals surface area contributed by atoms with Crippen molar-refractivity contribution in [2.24, 2.45) is 5.92 Å². The number of amides is 1. The first-order valence-corrected chi connectivity index (χ1v) is 13.3. The van der Waals surface area contributed by atoms with Crippen LogP contribution in [0.4, 0.5) is 5.95 Å². The standard InChI is InChI=1S/C26H28N4O4S/c1-17-6-3-7-18(2)24(17)22-15-23-28-26(27-22)29-35(32,33)21-10-4-9-20(14-21)25(31)30-12-11-19(16-30)8-5-13-34-23/h3-4,6-7,9-10,14-15,19H,5,8,11-13,16H2,1-2H3,(H,27,28,29). The van der Waals surface area contributed by atoms with Crippen LogP contribution >= 0.6 is 0 Å². The highest BCUT2D eigenvalue weighted by atomic mass is 32.2. The molecule has 182 valence electrons. The van der Waals surface area contributed by atoms with Crippen molar-refractivity contribution < 1.29 is 17.9 Å². The van der Waals surface area contributed by atoms with E-state index in [1.165, 1.54) is 12.1 Å². The van der Waals surface area contributed by atoms with Crippen LogP contribution < -0.4 is 9.46 Å². The lowest BCUT2D eigenvalue weighted by molar-refractivity contribution is 0.0786. The molecule has 1 fully saturated rings. The predicted molar refractivity (Wildman–Crippen MR) is 133 cm³/mol. The Labute approximate surface area is 205 Å². The van der Waals surface area contributed by atoms with Gasteiger partial charge in [0.05, 0.1) is 17.2 Å². The summed E-state index contributed by atoms with van der Waals surface area (Å²) in [6.45, 7) is 5.76. The van der Waals surface area contributed by atoms with Crippen LogP contribution in [0.15, 0.2) is 53.4 Å². The molecule has 2 aliphatic heterocycles. The SMILES string of the molecule is Cc1cccc(C)c1-c1cc2nc(n1)NS(=O)(=O)c1cccc(c1)C(=O)N1CCC(CCCO2)C1. The maximum atomic E-state index is 13.3. The average molecular weight is 493 g/mol. The number of aromatic nitrogens is 2. The van der Waals surface area contributed by atoms with Crippen LogP contribution in [0.5, 0.6) is 5.88 Å². The molecule has 6 bridgehead atoms. The molecule has 0 spiro atoms. The van der Waals surface area contributed by atoms with Gasteiger partial charge in [0.2, 0.25) is 11.8 Å². The van der Waals surface area contributed by atoms with E-state index in [0.717, 1.165) is 36.0 Å². The smallest absolute Gasteiger partial charge is 0.264 e. The molecule has 3 aromatic rings. The van der Waals surface area contributed by atoms with Gasteiger partial charge in [0.1, 0.15) is 0 Å². The summed E-state index contributed by atoms with van der Waals surface area (Å²) in [5, 5.41) is 0. The Balaban J connectivity index is 1.59. The van der Waals surface area contributed by atoms with Gasteiger partial charge in [0.25, 0.3) is 15.9 Å². The fourth-order valence-corrected chi connectivity index (χ4v) is 5.84. The molecule has 1 unspecified atom stereocenters. The number of nitrogens with one attached hydrogen (secondary N) is 1. The largest absolute Gasteiger partial charge is 0.478 e. The van der Waals surface area contributed by atoms with Gasteiger partial charge in [-0.25, -0.2) is 18.1 Å². The molecule has 1 aromatic heterocycles. The van der Waals surface area contributed by atoms with Gasteiger partial charge in [-0.3, -0.25) is 4.79 Å². The Hall–Kier alpha value is -3.46. The van der Waals surface area contributed by atoms with Gasteiger partial charge in [-0.2, -0.15) is 4.98 Å². The second-order valence-corrected chi connectivity index (χ2v) is 10.9. The quantitative estimate of drug-likeness (QED) is 0.546. The maximum absolute atomic E-state index is 13.3. The fourth-order valence-electron chi connectivity index (χ4n) is 4.85. The second kappa shape index (κ2) is 9.30. The first kappa shape index (κ1) is 23.3. The normalized spacial score (nSPS) is 19.7. The molecular weight excluding hydrogens is 464 g/mol. The minimum Gasteiger partial charge on any atom is -0.478 e. The van der Waals surface area contributed by atoms with E-state index in [2.05, 4.69) is 14.7 Å². The summed E-state index contributed by atoms with van der Waals surface area (Å²) in [6, 6.07) is 13.8. The molecule has 3 heterocycles. The number of benzene rings is 2. The fraction of sp³-hybridized carbons (Fsp3) is 0.346. The van der Waals surface area contributed by atoms with Crippen molar-refractivity contribution in [2.75, 3.05) is 24.4 Å². The van der Waals surface area contributed by atoms with E-state index in [1.807, 2.05) is 32.0 Å². The lowest BCUT2D eigenvalue weighted by atomic mass is 10.00. The van der Waals surface area contributed by atoms with Crippen LogP contribution in [0, 0.1) is 19.8 Å². The van der Waals surface area contributed by atoms with E-state index < -0.39 is 10.0 Å². The van der Waals surface area contributed by atoms with Crippen LogP contribution in [0.3, 0.4) is 0 Å². The maximum Gasteiger partial charge on any atom is 0.264 e. The summed E-state index contributed by atoms with van der Waals surface area (Å²) in [4.78, 5) is 23.7. The van der Waals surface area contributed by atoms with E-state index in [-0.39, 0.29) is 16.8 Å². The lowest BCUT2D eigenvalue weighted by Crippen LogP contribution is -2.29. The number of nitrogens with zero attached hydrogens (tertiary/aromatic N) is 3. The summed E-state index contributed by atoms with van der Waals surface area (Å²) in [6.07, 6.45) is 2.68. The zero-order valence-corrected chi connectivity index (χ0v) is 20.6. The molecule has 0 aliphatic carbocycles. The minimum atomic E-state index is -4.04. The number of rotatable bonds is 1. The van der Waals surface area contributed by atoms with Crippen LogP contribution in [0.1, 0.15) is 40.7 Å². The number of carbonyl (C=O) groups is 1. The number of sulfonamides is 1. The van der Waals surface area contributed by atoms with Gasteiger partial charge < -0.3 is 9.64 Å². The molecule has 9 heteroatoms. The topological polar surface area (TPSA) is 101 Å². The van der Waals surface area contributed by atoms with E-state index in [1.54, 1.807) is 23.1 Å². The van der Waals surface area contributed by atoms with Crippen molar-refractivity contribution in [1.29, 1.82) is 0 Å². The summed E-state index contributed by atoms with van der Waals surface area (Å²) < 4.78 is 35.0. The van der Waals surface area contributed by atoms with E-state index in [9.17, 15) is 13.2 Å². The number of hydrogen-bond acceptors (Lipinski definition) is 6. The van der Waals surface area contributed by atoms with Crippen molar-refractivity contribution in [2.45, 2.75) is 38.0 Å². The number of hydrogen-bond donors (Lipinski definition) is 1. The number of anilines is 1. The van der Waals surface area contributed by atoms with Gasteiger partial charge in [-0.1, -0.05) is 24.3 Å². The summed E-state index contributed by atoms with van der Waals surface area (Å²) >= 11 is 0. The molecule has 1 N–H and O–H groups in total. The van der Waals surface area contributed by atoms with Gasteiger partial charge in [0.15, 0.2) is 0 Å². The highest BCUT2D eigenvalue weighted by Gasteiger charge is 2.28. The third-order valence-electron chi connectivity index (χ3n) is 6.64. The van der Waals surface area contributed by atoms with Crippen LogP contribution in [-0.4, -0.2) is 48.9 Å². The zero-order chi connectivity index (χ0) is 24.6. The van der Waals surface area contributed by atoms with Crippen molar-refractivity contribution in [1.82, 2.24) is 14.9 Å².